The molecule has 1 amide bonds. The van der Waals surface area contributed by atoms with Gasteiger partial charge in [0.25, 0.3) is 0 Å². The van der Waals surface area contributed by atoms with Gasteiger partial charge in [0.05, 0.1) is 17.2 Å². The second-order valence-electron chi connectivity index (χ2n) is 7.46. The largest absolute Gasteiger partial charge is 0.492 e. The van der Waals surface area contributed by atoms with Crippen molar-refractivity contribution in [2.75, 3.05) is 6.61 Å². The third-order valence-electron chi connectivity index (χ3n) is 5.72. The molecule has 2 unspecified atom stereocenters. The highest BCUT2D eigenvalue weighted by molar-refractivity contribution is 6.43. The summed E-state index contributed by atoms with van der Waals surface area (Å²) >= 11 is 12.9. The summed E-state index contributed by atoms with van der Waals surface area (Å²) in [7, 11) is 0. The van der Waals surface area contributed by atoms with E-state index < -0.39 is 5.60 Å². The van der Waals surface area contributed by atoms with E-state index in [-0.39, 0.29) is 18.2 Å². The van der Waals surface area contributed by atoms with Crippen molar-refractivity contribution in [3.05, 3.63) is 27.2 Å². The van der Waals surface area contributed by atoms with Gasteiger partial charge in [-0.15, -0.1) is 0 Å². The Morgan fingerprint density at radius 1 is 1.36 bits per heavy atom. The zero-order valence-electron chi connectivity index (χ0n) is 14.5. The van der Waals surface area contributed by atoms with Crippen LogP contribution in [-0.2, 0) is 16.8 Å². The third kappa shape index (κ3) is 3.62. The lowest BCUT2D eigenvalue weighted by atomic mass is 9.79. The van der Waals surface area contributed by atoms with Crippen LogP contribution in [0.25, 0.3) is 0 Å². The Balaban J connectivity index is 1.82. The minimum Gasteiger partial charge on any atom is -0.492 e. The van der Waals surface area contributed by atoms with E-state index in [0.717, 1.165) is 30.4 Å². The first kappa shape index (κ1) is 18.8. The van der Waals surface area contributed by atoms with Crippen LogP contribution in [0.3, 0.4) is 0 Å². The molecule has 2 atom stereocenters. The number of ether oxygens (including phenoxy) is 1. The molecule has 2 aliphatic rings. The zero-order valence-corrected chi connectivity index (χ0v) is 16.0. The molecular weight excluding hydrogens is 361 g/mol. The number of benzene rings is 1. The smallest absolute Gasteiger partial charge is 0.217 e. The van der Waals surface area contributed by atoms with Crippen molar-refractivity contribution in [3.63, 3.8) is 0 Å². The normalized spacial score (nSPS) is 26.0. The van der Waals surface area contributed by atoms with Crippen LogP contribution >= 0.6 is 23.2 Å². The summed E-state index contributed by atoms with van der Waals surface area (Å²) in [6.45, 7) is 2.21. The Hall–Kier alpha value is -0.970. The second-order valence-corrected chi connectivity index (χ2v) is 8.21. The molecule has 25 heavy (non-hydrogen) atoms. The van der Waals surface area contributed by atoms with Crippen molar-refractivity contribution >= 4 is 29.1 Å². The molecule has 0 bridgehead atoms. The van der Waals surface area contributed by atoms with E-state index in [1.165, 1.54) is 12.8 Å². The topological polar surface area (TPSA) is 72.6 Å². The first-order valence-electron chi connectivity index (χ1n) is 8.97. The molecule has 0 saturated heterocycles. The Morgan fingerprint density at radius 3 is 2.68 bits per heavy atom. The number of carbonyl (C=O) groups excluding carboxylic acids is 1. The van der Waals surface area contributed by atoms with Crippen molar-refractivity contribution < 1.29 is 14.6 Å². The summed E-state index contributed by atoms with van der Waals surface area (Å²) in [5.41, 5.74) is 5.94. The first-order chi connectivity index (χ1) is 11.8. The Bertz CT molecular complexity index is 669. The van der Waals surface area contributed by atoms with Crippen LogP contribution in [0, 0.1) is 11.8 Å². The molecule has 0 aliphatic heterocycles. The van der Waals surface area contributed by atoms with E-state index in [2.05, 4.69) is 0 Å². The average Bonchev–Trinajstić information content (AvgIpc) is 3.14. The van der Waals surface area contributed by atoms with E-state index in [1.807, 2.05) is 13.0 Å². The fourth-order valence-electron chi connectivity index (χ4n) is 4.50. The molecule has 0 aromatic heterocycles. The van der Waals surface area contributed by atoms with Crippen LogP contribution in [0.2, 0.25) is 10.0 Å². The zero-order chi connectivity index (χ0) is 18.2. The summed E-state index contributed by atoms with van der Waals surface area (Å²) in [6.07, 6.45) is 6.39. The van der Waals surface area contributed by atoms with Crippen LogP contribution in [-0.4, -0.2) is 17.6 Å². The number of rotatable bonds is 6. The van der Waals surface area contributed by atoms with Gasteiger partial charge in [0.1, 0.15) is 10.8 Å². The Kier molecular flexibility index (Phi) is 5.52. The Labute approximate surface area is 158 Å². The van der Waals surface area contributed by atoms with Gasteiger partial charge in [-0.25, -0.2) is 0 Å². The molecule has 1 aromatic carbocycles. The molecule has 4 nitrogen and oxygen atoms in total. The average molecular weight is 386 g/mol. The maximum atomic E-state index is 11.2. The number of amides is 1. The summed E-state index contributed by atoms with van der Waals surface area (Å²) in [4.78, 5) is 10.8. The highest BCUT2D eigenvalue weighted by Gasteiger charge is 2.48. The number of halogens is 2. The summed E-state index contributed by atoms with van der Waals surface area (Å²) in [6, 6.07) is 1.90. The minimum atomic E-state index is -0.963. The van der Waals surface area contributed by atoms with Gasteiger partial charge in [0, 0.05) is 12.0 Å². The van der Waals surface area contributed by atoms with Crippen LogP contribution in [0.15, 0.2) is 6.07 Å². The van der Waals surface area contributed by atoms with Gasteiger partial charge in [0.15, 0.2) is 0 Å². The molecule has 0 radical (unpaired) electrons. The number of fused-ring (bicyclic) bond motifs is 1. The fraction of sp³-hybridized carbons (Fsp3) is 0.632. The monoisotopic (exact) mass is 385 g/mol. The highest BCUT2D eigenvalue weighted by atomic mass is 35.5. The standard InChI is InChI=1S/C19H25Cl2NO3/c1-19(24)13(11-5-2-3-6-11)9-12-10-14(17(20)18(21)16(12)19)25-8-4-7-15(22)23/h10-11,13,24H,2-9H2,1H3,(H2,22,23). The Morgan fingerprint density at radius 2 is 2.04 bits per heavy atom. The molecule has 0 heterocycles. The van der Waals surface area contributed by atoms with Gasteiger partial charge in [-0.05, 0) is 43.2 Å². The molecule has 3 N–H and O–H groups in total. The predicted octanol–water partition coefficient (Wildman–Crippen LogP) is 4.21. The summed E-state index contributed by atoms with van der Waals surface area (Å²) in [5.74, 6) is 0.857. The molecule has 1 fully saturated rings. The van der Waals surface area contributed by atoms with Crippen molar-refractivity contribution in [2.45, 2.75) is 57.5 Å². The van der Waals surface area contributed by atoms with Gasteiger partial charge in [-0.1, -0.05) is 48.9 Å². The second kappa shape index (κ2) is 7.34. The van der Waals surface area contributed by atoms with Crippen LogP contribution in [0.1, 0.15) is 56.6 Å². The number of hydrogen-bond acceptors (Lipinski definition) is 3. The number of hydrogen-bond donors (Lipinski definition) is 2. The highest BCUT2D eigenvalue weighted by Crippen LogP contribution is 2.54. The number of aliphatic hydroxyl groups is 1. The van der Waals surface area contributed by atoms with Crippen LogP contribution in [0.4, 0.5) is 0 Å². The lowest BCUT2D eigenvalue weighted by Crippen LogP contribution is -2.32. The SMILES string of the molecule is CC1(O)c2c(cc(OCCCC(N)=O)c(Cl)c2Cl)CC1C1CCCC1. The molecular formula is C19H25Cl2NO3. The van der Waals surface area contributed by atoms with E-state index in [0.29, 0.717) is 34.7 Å². The van der Waals surface area contributed by atoms with Gasteiger partial charge < -0.3 is 15.6 Å². The van der Waals surface area contributed by atoms with E-state index in [4.69, 9.17) is 33.7 Å². The molecule has 6 heteroatoms. The van der Waals surface area contributed by atoms with Gasteiger partial charge >= 0.3 is 0 Å². The lowest BCUT2D eigenvalue weighted by Gasteiger charge is -2.32. The van der Waals surface area contributed by atoms with Crippen LogP contribution < -0.4 is 10.5 Å². The lowest BCUT2D eigenvalue weighted by molar-refractivity contribution is -0.118. The molecule has 0 spiro atoms. The van der Waals surface area contributed by atoms with Crippen molar-refractivity contribution in [1.82, 2.24) is 0 Å². The van der Waals surface area contributed by atoms with Crippen molar-refractivity contribution in [3.8, 4) is 5.75 Å². The molecule has 2 aliphatic carbocycles. The minimum absolute atomic E-state index is 0.170. The molecule has 3 rings (SSSR count). The van der Waals surface area contributed by atoms with Gasteiger partial charge in [0.2, 0.25) is 5.91 Å². The number of nitrogens with two attached hydrogens (primary N) is 1. The van der Waals surface area contributed by atoms with Gasteiger partial charge in [-0.2, -0.15) is 0 Å². The maximum absolute atomic E-state index is 11.2. The number of carbonyl (C=O) groups is 1. The van der Waals surface area contributed by atoms with E-state index in [9.17, 15) is 9.90 Å². The summed E-state index contributed by atoms with van der Waals surface area (Å²) < 4.78 is 5.72. The number of primary amides is 1. The first-order valence-corrected chi connectivity index (χ1v) is 9.72. The van der Waals surface area contributed by atoms with Crippen molar-refractivity contribution in [1.29, 1.82) is 0 Å². The van der Waals surface area contributed by atoms with E-state index in [1.54, 1.807) is 0 Å². The van der Waals surface area contributed by atoms with Crippen molar-refractivity contribution in [2.24, 2.45) is 17.6 Å². The molecule has 138 valence electrons. The predicted molar refractivity (Wildman–Crippen MR) is 99.1 cm³/mol. The third-order valence-corrected chi connectivity index (χ3v) is 6.57. The quantitative estimate of drug-likeness (QED) is 0.720. The fourth-order valence-corrected chi connectivity index (χ4v) is 5.11. The van der Waals surface area contributed by atoms with Gasteiger partial charge in [-0.3, -0.25) is 4.79 Å². The summed E-state index contributed by atoms with van der Waals surface area (Å²) in [5, 5.41) is 11.9. The van der Waals surface area contributed by atoms with E-state index >= 15 is 0 Å². The molecule has 1 aromatic rings. The maximum Gasteiger partial charge on any atom is 0.217 e. The molecule has 1 saturated carbocycles. The van der Waals surface area contributed by atoms with Crippen LogP contribution in [0.5, 0.6) is 5.75 Å².